The highest BCUT2D eigenvalue weighted by atomic mass is 32.1. The van der Waals surface area contributed by atoms with Crippen LogP contribution in [0, 0.1) is 0 Å². The SMILES string of the molecule is CCCCNC(=S)CC(=O)NC. The van der Waals surface area contributed by atoms with Gasteiger partial charge in [0.25, 0.3) is 0 Å². The van der Waals surface area contributed by atoms with Crippen LogP contribution in [0.25, 0.3) is 0 Å². The monoisotopic (exact) mass is 188 g/mol. The van der Waals surface area contributed by atoms with Gasteiger partial charge in [0.1, 0.15) is 0 Å². The summed E-state index contributed by atoms with van der Waals surface area (Å²) in [5, 5.41) is 5.54. The number of carbonyl (C=O) groups excluding carboxylic acids is 1. The molecule has 1 amide bonds. The second-order valence-corrected chi connectivity index (χ2v) is 3.05. The smallest absolute Gasteiger partial charge is 0.226 e. The van der Waals surface area contributed by atoms with E-state index in [0.29, 0.717) is 11.4 Å². The zero-order valence-corrected chi connectivity index (χ0v) is 8.46. The zero-order valence-electron chi connectivity index (χ0n) is 7.64. The Labute approximate surface area is 78.9 Å². The summed E-state index contributed by atoms with van der Waals surface area (Å²) in [6.07, 6.45) is 2.53. The highest BCUT2D eigenvalue weighted by Crippen LogP contribution is 1.86. The third kappa shape index (κ3) is 6.09. The maximum absolute atomic E-state index is 10.8. The average Bonchev–Trinajstić information content (AvgIpc) is 2.05. The topological polar surface area (TPSA) is 41.1 Å². The van der Waals surface area contributed by atoms with Crippen molar-refractivity contribution in [2.75, 3.05) is 13.6 Å². The van der Waals surface area contributed by atoms with Gasteiger partial charge < -0.3 is 10.6 Å². The van der Waals surface area contributed by atoms with Gasteiger partial charge in [0.2, 0.25) is 5.91 Å². The van der Waals surface area contributed by atoms with Crippen LogP contribution in [0.3, 0.4) is 0 Å². The van der Waals surface area contributed by atoms with Crippen molar-refractivity contribution in [3.63, 3.8) is 0 Å². The van der Waals surface area contributed by atoms with Gasteiger partial charge in [-0.1, -0.05) is 25.6 Å². The van der Waals surface area contributed by atoms with Crippen molar-refractivity contribution >= 4 is 23.1 Å². The molecule has 0 aromatic carbocycles. The van der Waals surface area contributed by atoms with Gasteiger partial charge in [0.05, 0.1) is 11.4 Å². The first-order valence-electron chi connectivity index (χ1n) is 4.18. The van der Waals surface area contributed by atoms with Gasteiger partial charge in [-0.3, -0.25) is 4.79 Å². The van der Waals surface area contributed by atoms with E-state index in [4.69, 9.17) is 12.2 Å². The van der Waals surface area contributed by atoms with E-state index >= 15 is 0 Å². The van der Waals surface area contributed by atoms with Crippen LogP contribution in [0.1, 0.15) is 26.2 Å². The first-order valence-corrected chi connectivity index (χ1v) is 4.58. The number of unbranched alkanes of at least 4 members (excludes halogenated alkanes) is 1. The molecule has 0 radical (unpaired) electrons. The van der Waals surface area contributed by atoms with Crippen molar-refractivity contribution in [3.05, 3.63) is 0 Å². The molecule has 0 aromatic rings. The minimum absolute atomic E-state index is 0.0380. The highest BCUT2D eigenvalue weighted by molar-refractivity contribution is 7.80. The molecule has 0 fully saturated rings. The zero-order chi connectivity index (χ0) is 9.40. The van der Waals surface area contributed by atoms with Crippen molar-refractivity contribution in [2.45, 2.75) is 26.2 Å². The maximum Gasteiger partial charge on any atom is 0.226 e. The molecule has 3 nitrogen and oxygen atoms in total. The normalized spacial score (nSPS) is 9.17. The fourth-order valence-electron chi connectivity index (χ4n) is 0.701. The number of thiocarbonyl (C=S) groups is 1. The molecular formula is C8H16N2OS. The first kappa shape index (κ1) is 11.4. The minimum atomic E-state index is -0.0380. The van der Waals surface area contributed by atoms with Gasteiger partial charge in [-0.25, -0.2) is 0 Å². The van der Waals surface area contributed by atoms with Gasteiger partial charge in [0.15, 0.2) is 0 Å². The summed E-state index contributed by atoms with van der Waals surface area (Å²) in [7, 11) is 1.61. The van der Waals surface area contributed by atoms with Crippen LogP contribution >= 0.6 is 12.2 Å². The molecule has 2 N–H and O–H groups in total. The summed E-state index contributed by atoms with van der Waals surface area (Å²) in [5.74, 6) is -0.0380. The molecule has 0 bridgehead atoms. The molecule has 0 aliphatic heterocycles. The molecule has 0 aliphatic carbocycles. The summed E-state index contributed by atoms with van der Waals surface area (Å²) in [6.45, 7) is 2.98. The Morgan fingerprint density at radius 1 is 1.50 bits per heavy atom. The molecule has 70 valence electrons. The fourth-order valence-corrected chi connectivity index (χ4v) is 0.934. The Balaban J connectivity index is 3.40. The third-order valence-electron chi connectivity index (χ3n) is 1.45. The van der Waals surface area contributed by atoms with E-state index in [1.54, 1.807) is 7.05 Å². The summed E-state index contributed by atoms with van der Waals surface area (Å²) in [6, 6.07) is 0. The first-order chi connectivity index (χ1) is 5.70. The van der Waals surface area contributed by atoms with Crippen LogP contribution in [0.2, 0.25) is 0 Å². The second kappa shape index (κ2) is 7.03. The molecule has 0 spiro atoms. The molecular weight excluding hydrogens is 172 g/mol. The Morgan fingerprint density at radius 3 is 2.67 bits per heavy atom. The van der Waals surface area contributed by atoms with Crippen LogP contribution < -0.4 is 10.6 Å². The van der Waals surface area contributed by atoms with E-state index in [-0.39, 0.29) is 5.91 Å². The number of rotatable bonds is 5. The molecule has 0 aliphatic rings. The van der Waals surface area contributed by atoms with Crippen LogP contribution in [-0.2, 0) is 4.79 Å². The molecule has 12 heavy (non-hydrogen) atoms. The van der Waals surface area contributed by atoms with Crippen molar-refractivity contribution < 1.29 is 4.79 Å². The van der Waals surface area contributed by atoms with Crippen LogP contribution in [0.15, 0.2) is 0 Å². The summed E-state index contributed by atoms with van der Waals surface area (Å²) in [4.78, 5) is 11.4. The quantitative estimate of drug-likeness (QED) is 0.496. The lowest BCUT2D eigenvalue weighted by Gasteiger charge is -2.05. The predicted octanol–water partition coefficient (Wildman–Crippen LogP) is 0.840. The maximum atomic E-state index is 10.8. The van der Waals surface area contributed by atoms with Gasteiger partial charge in [-0.05, 0) is 6.42 Å². The Hall–Kier alpha value is -0.640. The molecule has 0 rings (SSSR count). The van der Waals surface area contributed by atoms with E-state index in [0.717, 1.165) is 19.4 Å². The Bertz CT molecular complexity index is 159. The van der Waals surface area contributed by atoms with E-state index in [9.17, 15) is 4.79 Å². The molecule has 0 atom stereocenters. The van der Waals surface area contributed by atoms with Crippen LogP contribution in [0.4, 0.5) is 0 Å². The summed E-state index contributed by atoms with van der Waals surface area (Å²) in [5.41, 5.74) is 0. The number of carbonyl (C=O) groups is 1. The molecule has 0 saturated heterocycles. The van der Waals surface area contributed by atoms with Gasteiger partial charge >= 0.3 is 0 Å². The van der Waals surface area contributed by atoms with Crippen LogP contribution in [-0.4, -0.2) is 24.5 Å². The third-order valence-corrected chi connectivity index (χ3v) is 1.74. The number of amides is 1. The Kier molecular flexibility index (Phi) is 6.66. The molecule has 0 saturated carbocycles. The van der Waals surface area contributed by atoms with E-state index in [2.05, 4.69) is 17.6 Å². The number of nitrogens with one attached hydrogen (secondary N) is 2. The minimum Gasteiger partial charge on any atom is -0.379 e. The van der Waals surface area contributed by atoms with Crippen molar-refractivity contribution in [2.24, 2.45) is 0 Å². The van der Waals surface area contributed by atoms with E-state index in [1.165, 1.54) is 0 Å². The van der Waals surface area contributed by atoms with Crippen molar-refractivity contribution in [1.82, 2.24) is 10.6 Å². The second-order valence-electron chi connectivity index (χ2n) is 2.55. The number of hydrogen-bond acceptors (Lipinski definition) is 2. The van der Waals surface area contributed by atoms with Gasteiger partial charge in [-0.15, -0.1) is 0 Å². The summed E-state index contributed by atoms with van der Waals surface area (Å²) >= 11 is 4.94. The molecule has 0 unspecified atom stereocenters. The van der Waals surface area contributed by atoms with E-state index in [1.807, 2.05) is 0 Å². The lowest BCUT2D eigenvalue weighted by Crippen LogP contribution is -2.29. The largest absolute Gasteiger partial charge is 0.379 e. The van der Waals surface area contributed by atoms with Gasteiger partial charge in [-0.2, -0.15) is 0 Å². The molecule has 0 aromatic heterocycles. The van der Waals surface area contributed by atoms with Gasteiger partial charge in [0, 0.05) is 13.6 Å². The number of hydrogen-bond donors (Lipinski definition) is 2. The lowest BCUT2D eigenvalue weighted by atomic mass is 10.3. The predicted molar refractivity (Wildman–Crippen MR) is 54.2 cm³/mol. The van der Waals surface area contributed by atoms with Crippen molar-refractivity contribution in [3.8, 4) is 0 Å². The molecule has 0 heterocycles. The lowest BCUT2D eigenvalue weighted by molar-refractivity contribution is -0.119. The average molecular weight is 188 g/mol. The van der Waals surface area contributed by atoms with Crippen LogP contribution in [0.5, 0.6) is 0 Å². The van der Waals surface area contributed by atoms with E-state index < -0.39 is 0 Å². The fraction of sp³-hybridized carbons (Fsp3) is 0.750. The summed E-state index contributed by atoms with van der Waals surface area (Å²) < 4.78 is 0. The standard InChI is InChI=1S/C8H16N2OS/c1-3-4-5-10-8(12)6-7(11)9-2/h3-6H2,1-2H3,(H,9,11)(H,10,12). The van der Waals surface area contributed by atoms with Crippen molar-refractivity contribution in [1.29, 1.82) is 0 Å². The molecule has 4 heteroatoms. The highest BCUT2D eigenvalue weighted by Gasteiger charge is 2.01. The Morgan fingerprint density at radius 2 is 2.17 bits per heavy atom.